The molecule has 3 aromatic rings. The molecule has 3 rings (SSSR count). The molecule has 0 fully saturated rings. The van der Waals surface area contributed by atoms with E-state index in [4.69, 9.17) is 4.74 Å². The van der Waals surface area contributed by atoms with Crippen molar-refractivity contribution in [3.8, 4) is 5.75 Å². The number of ether oxygens (including phenoxy) is 1. The van der Waals surface area contributed by atoms with Crippen molar-refractivity contribution in [1.82, 2.24) is 4.90 Å². The Hall–Kier alpha value is -2.23. The first-order valence-electron chi connectivity index (χ1n) is 13.1. The fraction of sp³-hybridized carbons (Fsp3) is 0.419. The Labute approximate surface area is 210 Å². The maximum absolute atomic E-state index is 6.06. The highest BCUT2D eigenvalue weighted by molar-refractivity contribution is 7.97. The second-order valence-corrected chi connectivity index (χ2v) is 10.9. The average molecular weight is 477 g/mol. The second kappa shape index (κ2) is 15.6. The smallest absolute Gasteiger partial charge is 0.166 e. The molecule has 0 bridgehead atoms. The van der Waals surface area contributed by atoms with Gasteiger partial charge in [-0.05, 0) is 93.8 Å². The second-order valence-electron chi connectivity index (χ2n) is 8.86. The molecule has 3 heteroatoms. The van der Waals surface area contributed by atoms with Gasteiger partial charge in [0.25, 0.3) is 0 Å². The summed E-state index contributed by atoms with van der Waals surface area (Å²) in [6.07, 6.45) is 8.88. The molecular weight excluding hydrogens is 434 g/mol. The maximum atomic E-state index is 6.06. The minimum absolute atomic E-state index is 0.101. The largest absolute Gasteiger partial charge is 0.494 e. The van der Waals surface area contributed by atoms with Crippen molar-refractivity contribution >= 4 is 10.9 Å². The summed E-state index contributed by atoms with van der Waals surface area (Å²) in [6.45, 7) is 9.12. The van der Waals surface area contributed by atoms with Crippen molar-refractivity contribution < 1.29 is 4.74 Å². The van der Waals surface area contributed by atoms with Gasteiger partial charge >= 0.3 is 0 Å². The minimum atomic E-state index is -0.101. The molecule has 3 aromatic carbocycles. The highest BCUT2D eigenvalue weighted by Crippen LogP contribution is 2.31. The van der Waals surface area contributed by atoms with E-state index in [9.17, 15) is 0 Å². The molecule has 0 radical (unpaired) electrons. The molecule has 0 saturated carbocycles. The average Bonchev–Trinajstić information content (AvgIpc) is 2.88. The van der Waals surface area contributed by atoms with E-state index < -0.39 is 0 Å². The molecule has 0 atom stereocenters. The van der Waals surface area contributed by atoms with Crippen LogP contribution < -0.4 is 4.74 Å². The molecule has 0 N–H and O–H groups in total. The van der Waals surface area contributed by atoms with Gasteiger partial charge in [0.1, 0.15) is 5.75 Å². The van der Waals surface area contributed by atoms with Crippen LogP contribution in [0.4, 0.5) is 0 Å². The lowest BCUT2D eigenvalue weighted by Gasteiger charge is -2.20. The first-order valence-corrected chi connectivity index (χ1v) is 14.3. The molecule has 0 unspecified atom stereocenters. The molecular formula is C31H42NOS+. The molecule has 0 aliphatic heterocycles. The number of hydrogen-bond donors (Lipinski definition) is 0. The van der Waals surface area contributed by atoms with E-state index in [2.05, 4.69) is 104 Å². The topological polar surface area (TPSA) is 12.5 Å². The van der Waals surface area contributed by atoms with E-state index in [0.717, 1.165) is 18.8 Å². The van der Waals surface area contributed by atoms with Crippen LogP contribution in [-0.2, 0) is 10.9 Å². The fourth-order valence-corrected chi connectivity index (χ4v) is 6.40. The van der Waals surface area contributed by atoms with Gasteiger partial charge in [-0.1, -0.05) is 69.5 Å². The van der Waals surface area contributed by atoms with Crippen molar-refractivity contribution in [3.63, 3.8) is 0 Å². The third-order valence-corrected chi connectivity index (χ3v) is 8.22. The summed E-state index contributed by atoms with van der Waals surface area (Å²) in [5, 5.41) is 0. The molecule has 2 nitrogen and oxygen atoms in total. The molecule has 0 spiro atoms. The van der Waals surface area contributed by atoms with Crippen molar-refractivity contribution in [3.05, 3.63) is 84.9 Å². The minimum Gasteiger partial charge on any atom is -0.494 e. The van der Waals surface area contributed by atoms with Crippen molar-refractivity contribution in [2.24, 2.45) is 0 Å². The quantitative estimate of drug-likeness (QED) is 0.152. The highest BCUT2D eigenvalue weighted by Gasteiger charge is 2.28. The predicted octanol–water partition coefficient (Wildman–Crippen LogP) is 8.23. The lowest BCUT2D eigenvalue weighted by molar-refractivity contribution is 0.266. The van der Waals surface area contributed by atoms with E-state index in [-0.39, 0.29) is 10.9 Å². The lowest BCUT2D eigenvalue weighted by Crippen LogP contribution is -2.26. The summed E-state index contributed by atoms with van der Waals surface area (Å²) >= 11 is 0. The maximum Gasteiger partial charge on any atom is 0.166 e. The van der Waals surface area contributed by atoms with Gasteiger partial charge < -0.3 is 9.64 Å². The van der Waals surface area contributed by atoms with E-state index >= 15 is 0 Å². The molecule has 0 amide bonds. The summed E-state index contributed by atoms with van der Waals surface area (Å²) < 4.78 is 6.06. The Balaban J connectivity index is 1.42. The van der Waals surface area contributed by atoms with Crippen LogP contribution in [0.3, 0.4) is 0 Å². The standard InChI is InChI=1S/C31H42NOS/c1-3-24-32(25-4-2)26-14-6-5-7-15-27-33-28-20-22-31(23-21-28)34(29-16-10-8-11-17-29)30-18-12-9-13-19-30/h8-13,16-23H,3-7,14-15,24-27H2,1-2H3/q+1. The SMILES string of the molecule is CCCN(CCC)CCCCCCCOc1ccc([S+](c2ccccc2)c2ccccc2)cc1. The van der Waals surface area contributed by atoms with Crippen LogP contribution in [-0.4, -0.2) is 31.1 Å². The van der Waals surface area contributed by atoms with Crippen LogP contribution in [0.1, 0.15) is 58.8 Å². The first-order chi connectivity index (χ1) is 16.8. The van der Waals surface area contributed by atoms with Gasteiger partial charge in [-0.3, -0.25) is 0 Å². The van der Waals surface area contributed by atoms with E-state index in [1.54, 1.807) is 0 Å². The Morgan fingerprint density at radius 2 is 1.06 bits per heavy atom. The monoisotopic (exact) mass is 476 g/mol. The lowest BCUT2D eigenvalue weighted by atomic mass is 10.1. The van der Waals surface area contributed by atoms with Gasteiger partial charge in [-0.2, -0.15) is 0 Å². The number of unbranched alkanes of at least 4 members (excludes halogenated alkanes) is 4. The van der Waals surface area contributed by atoms with Crippen LogP contribution >= 0.6 is 0 Å². The number of nitrogens with zero attached hydrogens (tertiary/aromatic N) is 1. The van der Waals surface area contributed by atoms with Crippen LogP contribution in [0.2, 0.25) is 0 Å². The Bertz CT molecular complexity index is 852. The summed E-state index contributed by atoms with van der Waals surface area (Å²) in [6, 6.07) is 30.3. The number of benzene rings is 3. The van der Waals surface area contributed by atoms with Crippen LogP contribution in [0.25, 0.3) is 0 Å². The molecule has 0 aliphatic rings. The molecule has 34 heavy (non-hydrogen) atoms. The Morgan fingerprint density at radius 3 is 1.62 bits per heavy atom. The van der Waals surface area contributed by atoms with Crippen LogP contribution in [0, 0.1) is 0 Å². The van der Waals surface area contributed by atoms with Crippen molar-refractivity contribution in [2.75, 3.05) is 26.2 Å². The highest BCUT2D eigenvalue weighted by atomic mass is 32.2. The zero-order chi connectivity index (χ0) is 23.8. The summed E-state index contributed by atoms with van der Waals surface area (Å²) in [7, 11) is -0.101. The summed E-state index contributed by atoms with van der Waals surface area (Å²) in [5.41, 5.74) is 0. The molecule has 182 valence electrons. The normalized spacial score (nSPS) is 11.3. The number of hydrogen-bond acceptors (Lipinski definition) is 2. The number of rotatable bonds is 16. The van der Waals surface area contributed by atoms with Gasteiger partial charge in [0, 0.05) is 0 Å². The van der Waals surface area contributed by atoms with Gasteiger partial charge in [0.05, 0.1) is 17.5 Å². The Morgan fingerprint density at radius 1 is 0.559 bits per heavy atom. The first kappa shape index (κ1) is 26.4. The summed E-state index contributed by atoms with van der Waals surface area (Å²) in [5.74, 6) is 0.975. The molecule has 0 heterocycles. The van der Waals surface area contributed by atoms with E-state index in [1.807, 2.05) is 0 Å². The van der Waals surface area contributed by atoms with Crippen molar-refractivity contribution in [1.29, 1.82) is 0 Å². The van der Waals surface area contributed by atoms with Gasteiger partial charge in [0.15, 0.2) is 14.7 Å². The molecule has 0 saturated heterocycles. The van der Waals surface area contributed by atoms with Gasteiger partial charge in [-0.15, -0.1) is 0 Å². The molecule has 0 aliphatic carbocycles. The third-order valence-electron chi connectivity index (χ3n) is 5.98. The fourth-order valence-electron chi connectivity index (χ4n) is 4.32. The van der Waals surface area contributed by atoms with Gasteiger partial charge in [-0.25, -0.2) is 0 Å². The Kier molecular flexibility index (Phi) is 12.1. The van der Waals surface area contributed by atoms with Gasteiger partial charge in [0.2, 0.25) is 0 Å². The zero-order valence-electron chi connectivity index (χ0n) is 21.1. The van der Waals surface area contributed by atoms with Crippen LogP contribution in [0.15, 0.2) is 99.6 Å². The summed E-state index contributed by atoms with van der Waals surface area (Å²) in [4.78, 5) is 6.63. The predicted molar refractivity (Wildman–Crippen MR) is 147 cm³/mol. The van der Waals surface area contributed by atoms with E-state index in [1.165, 1.54) is 72.8 Å². The molecule has 0 aromatic heterocycles. The van der Waals surface area contributed by atoms with Crippen LogP contribution in [0.5, 0.6) is 5.75 Å². The third kappa shape index (κ3) is 8.85. The van der Waals surface area contributed by atoms with Crippen molar-refractivity contribution in [2.45, 2.75) is 73.5 Å². The zero-order valence-corrected chi connectivity index (χ0v) is 21.9. The van der Waals surface area contributed by atoms with E-state index in [0.29, 0.717) is 0 Å².